The molecule has 0 aliphatic rings. The van der Waals surface area contributed by atoms with Gasteiger partial charge in [-0.15, -0.1) is 0 Å². The van der Waals surface area contributed by atoms with Crippen molar-refractivity contribution in [2.75, 3.05) is 13.2 Å². The summed E-state index contributed by atoms with van der Waals surface area (Å²) < 4.78 is 22.9. The van der Waals surface area contributed by atoms with Gasteiger partial charge < -0.3 is 14.2 Å². The highest BCUT2D eigenvalue weighted by Gasteiger charge is 2.39. The van der Waals surface area contributed by atoms with Crippen LogP contribution >= 0.6 is 7.60 Å². The first kappa shape index (κ1) is 17.6. The van der Waals surface area contributed by atoms with Crippen molar-refractivity contribution in [3.8, 4) is 0 Å². The molecule has 0 heterocycles. The molecular weight excluding hydrogens is 291 g/mol. The zero-order valence-corrected chi connectivity index (χ0v) is 13.4. The Balaban J connectivity index is 3.17. The van der Waals surface area contributed by atoms with Crippen molar-refractivity contribution in [3.05, 3.63) is 42.0 Å². The molecule has 1 rings (SSSR count). The maximum Gasteiger partial charge on any atom is 0.348 e. The fourth-order valence-electron chi connectivity index (χ4n) is 1.89. The Bertz CT molecular complexity index is 528. The number of carboxylic acid groups (broad SMARTS) is 1. The number of hydrogen-bond acceptors (Lipinski definition) is 4. The summed E-state index contributed by atoms with van der Waals surface area (Å²) in [6.45, 7) is 5.32. The molecule has 0 fully saturated rings. The predicted molar refractivity (Wildman–Crippen MR) is 82.4 cm³/mol. The minimum absolute atomic E-state index is 0.124. The lowest BCUT2D eigenvalue weighted by atomic mass is 10.1. The Hall–Kier alpha value is -1.42. The first-order chi connectivity index (χ1) is 9.94. The van der Waals surface area contributed by atoms with Crippen LogP contribution in [0.1, 0.15) is 26.3 Å². The summed E-state index contributed by atoms with van der Waals surface area (Å²) in [4.78, 5) is 11.5. The molecule has 0 bridgehead atoms. The van der Waals surface area contributed by atoms with Gasteiger partial charge in [0.2, 0.25) is 0 Å². The van der Waals surface area contributed by atoms with Crippen LogP contribution in [0.2, 0.25) is 0 Å². The van der Waals surface area contributed by atoms with E-state index in [1.165, 1.54) is 6.08 Å². The molecule has 0 aliphatic heterocycles. The summed E-state index contributed by atoms with van der Waals surface area (Å²) >= 11 is 0. The monoisotopic (exact) mass is 312 g/mol. The molecule has 0 radical (unpaired) electrons. The minimum Gasteiger partial charge on any atom is -0.480 e. The van der Waals surface area contributed by atoms with E-state index in [9.17, 15) is 14.5 Å². The van der Waals surface area contributed by atoms with Gasteiger partial charge in [-0.3, -0.25) is 9.36 Å². The van der Waals surface area contributed by atoms with Crippen molar-refractivity contribution in [2.45, 2.75) is 26.4 Å². The highest BCUT2D eigenvalue weighted by molar-refractivity contribution is 7.56. The third kappa shape index (κ3) is 4.81. The fourth-order valence-corrected chi connectivity index (χ4v) is 3.68. The van der Waals surface area contributed by atoms with Crippen LogP contribution < -0.4 is 0 Å². The van der Waals surface area contributed by atoms with Gasteiger partial charge in [0.05, 0.1) is 13.2 Å². The van der Waals surface area contributed by atoms with E-state index in [2.05, 4.69) is 0 Å². The molecule has 0 aromatic heterocycles. The largest absolute Gasteiger partial charge is 0.480 e. The maximum absolute atomic E-state index is 12.7. The minimum atomic E-state index is -3.74. The Morgan fingerprint density at radius 1 is 1.24 bits per heavy atom. The van der Waals surface area contributed by atoms with Gasteiger partial charge in [-0.05, 0) is 31.9 Å². The van der Waals surface area contributed by atoms with Gasteiger partial charge in [-0.1, -0.05) is 36.4 Å². The summed E-state index contributed by atoms with van der Waals surface area (Å²) in [6.07, 6.45) is 1.43. The van der Waals surface area contributed by atoms with Crippen molar-refractivity contribution < 1.29 is 23.5 Å². The van der Waals surface area contributed by atoms with Gasteiger partial charge in [0.15, 0.2) is 5.66 Å². The van der Waals surface area contributed by atoms with Gasteiger partial charge in [-0.25, -0.2) is 0 Å². The number of rotatable bonds is 8. The van der Waals surface area contributed by atoms with Crippen LogP contribution in [0, 0.1) is 0 Å². The van der Waals surface area contributed by atoms with E-state index >= 15 is 0 Å². The summed E-state index contributed by atoms with van der Waals surface area (Å²) in [5, 5.41) is 9.38. The second-order valence-electron chi connectivity index (χ2n) is 4.37. The molecule has 116 valence electrons. The van der Waals surface area contributed by atoms with Crippen LogP contribution in [0.4, 0.5) is 0 Å². The first-order valence-corrected chi connectivity index (χ1v) is 8.41. The Morgan fingerprint density at radius 2 is 1.76 bits per heavy atom. The van der Waals surface area contributed by atoms with Gasteiger partial charge in [0.25, 0.3) is 0 Å². The molecule has 1 unspecified atom stereocenters. The van der Waals surface area contributed by atoms with Crippen LogP contribution in [0.15, 0.2) is 36.4 Å². The second kappa shape index (κ2) is 8.13. The third-order valence-electron chi connectivity index (χ3n) is 2.85. The normalized spacial score (nSPS) is 14.0. The lowest BCUT2D eigenvalue weighted by Gasteiger charge is -2.21. The first-order valence-electron chi connectivity index (χ1n) is 6.80. The van der Waals surface area contributed by atoms with Crippen LogP contribution in [0.5, 0.6) is 0 Å². The van der Waals surface area contributed by atoms with Gasteiger partial charge in [-0.2, -0.15) is 0 Å². The molecule has 0 spiro atoms. The molecule has 21 heavy (non-hydrogen) atoms. The Morgan fingerprint density at radius 3 is 2.19 bits per heavy atom. The predicted octanol–water partition coefficient (Wildman–Crippen LogP) is 3.81. The van der Waals surface area contributed by atoms with E-state index in [1.807, 2.05) is 30.3 Å². The van der Waals surface area contributed by atoms with Crippen LogP contribution in [-0.2, 0) is 18.4 Å². The molecule has 1 aromatic carbocycles. The van der Waals surface area contributed by atoms with Crippen LogP contribution in [-0.4, -0.2) is 29.9 Å². The molecule has 1 aromatic rings. The van der Waals surface area contributed by atoms with Crippen molar-refractivity contribution in [1.29, 1.82) is 0 Å². The van der Waals surface area contributed by atoms with Gasteiger partial charge in [0, 0.05) is 0 Å². The van der Waals surface area contributed by atoms with Gasteiger partial charge in [0.1, 0.15) is 0 Å². The van der Waals surface area contributed by atoms with Crippen molar-refractivity contribution in [1.82, 2.24) is 0 Å². The summed E-state index contributed by atoms with van der Waals surface area (Å²) in [6, 6.07) is 9.30. The average molecular weight is 312 g/mol. The van der Waals surface area contributed by atoms with Crippen molar-refractivity contribution >= 4 is 19.1 Å². The quantitative estimate of drug-likeness (QED) is 0.739. The third-order valence-corrected chi connectivity index (χ3v) is 5.14. The number of hydrogen-bond donors (Lipinski definition) is 1. The number of aliphatic carboxylic acids is 1. The lowest BCUT2D eigenvalue weighted by Crippen LogP contribution is -2.21. The molecule has 1 atom stereocenters. The smallest absolute Gasteiger partial charge is 0.348 e. The van der Waals surface area contributed by atoms with Gasteiger partial charge >= 0.3 is 13.6 Å². The lowest BCUT2D eigenvalue weighted by molar-refractivity contribution is -0.136. The molecule has 0 amide bonds. The molecule has 0 saturated heterocycles. The SMILES string of the molecule is CCOP(=O)(OCC)C(/C=C(\C)c1ccccc1)C(=O)O. The molecule has 0 saturated carbocycles. The highest BCUT2D eigenvalue weighted by atomic mass is 31.2. The van der Waals surface area contributed by atoms with E-state index < -0.39 is 19.2 Å². The molecule has 6 heteroatoms. The van der Waals surface area contributed by atoms with E-state index in [1.54, 1.807) is 20.8 Å². The Kier molecular flexibility index (Phi) is 6.82. The average Bonchev–Trinajstić information content (AvgIpc) is 2.45. The fraction of sp³-hybridized carbons (Fsp3) is 0.400. The van der Waals surface area contributed by atoms with E-state index in [0.717, 1.165) is 5.56 Å². The Labute approximate surface area is 125 Å². The standard InChI is InChI=1S/C15H21O5P/c1-4-19-21(18,20-5-2)14(15(16)17)11-12(3)13-9-7-6-8-10-13/h6-11,14H,4-5H2,1-3H3,(H,16,17)/b12-11+. The van der Waals surface area contributed by atoms with E-state index in [-0.39, 0.29) is 13.2 Å². The molecule has 0 aliphatic carbocycles. The maximum atomic E-state index is 12.7. The second-order valence-corrected chi connectivity index (χ2v) is 6.53. The number of benzene rings is 1. The summed E-state index contributed by atoms with van der Waals surface area (Å²) in [7, 11) is -3.74. The molecule has 5 nitrogen and oxygen atoms in total. The van der Waals surface area contributed by atoms with Crippen LogP contribution in [0.3, 0.4) is 0 Å². The summed E-state index contributed by atoms with van der Waals surface area (Å²) in [5.74, 6) is -1.23. The van der Waals surface area contributed by atoms with Crippen molar-refractivity contribution in [2.24, 2.45) is 0 Å². The number of carbonyl (C=O) groups is 1. The van der Waals surface area contributed by atoms with Crippen LogP contribution in [0.25, 0.3) is 5.57 Å². The zero-order chi connectivity index (χ0) is 15.9. The number of carboxylic acids is 1. The topological polar surface area (TPSA) is 72.8 Å². The van der Waals surface area contributed by atoms with E-state index in [0.29, 0.717) is 5.57 Å². The highest BCUT2D eigenvalue weighted by Crippen LogP contribution is 2.54. The number of allylic oxidation sites excluding steroid dienone is 1. The van der Waals surface area contributed by atoms with E-state index in [4.69, 9.17) is 9.05 Å². The molecular formula is C15H21O5P. The van der Waals surface area contributed by atoms with Crippen molar-refractivity contribution in [3.63, 3.8) is 0 Å². The summed E-state index contributed by atoms with van der Waals surface area (Å²) in [5.41, 5.74) is 0.253. The zero-order valence-electron chi connectivity index (χ0n) is 12.5. The molecule has 1 N–H and O–H groups in total.